The second-order valence-corrected chi connectivity index (χ2v) is 9.10. The molecule has 2 aromatic carbocycles. The highest BCUT2D eigenvalue weighted by Crippen LogP contribution is 2.35. The maximum absolute atomic E-state index is 6.36. The largest absolute Gasteiger partial charge is 0.457 e. The molecule has 9 nitrogen and oxygen atoms in total. The maximum Gasteiger partial charge on any atom is 0.164 e. The SMILES string of the molecule is Nc1ncnc2c1c(-c1ccc(Oc3ccccc3)cc1)nn2[C@@H]1CCCN(N2CCNCC2)C1. The number of ether oxygens (including phenoxy) is 1. The summed E-state index contributed by atoms with van der Waals surface area (Å²) in [7, 11) is 0. The van der Waals surface area contributed by atoms with Crippen molar-refractivity contribution in [3.63, 3.8) is 0 Å². The fourth-order valence-electron chi connectivity index (χ4n) is 5.09. The number of nitrogens with one attached hydrogen (secondary N) is 1. The number of piperazine rings is 1. The first-order chi connectivity index (χ1) is 17.3. The number of nitrogens with zero attached hydrogens (tertiary/aromatic N) is 6. The number of hydrogen-bond donors (Lipinski definition) is 2. The van der Waals surface area contributed by atoms with Crippen molar-refractivity contribution in [3.05, 3.63) is 60.9 Å². The number of nitrogens with two attached hydrogens (primary N) is 1. The Morgan fingerprint density at radius 1 is 0.886 bits per heavy atom. The number of para-hydroxylation sites is 1. The van der Waals surface area contributed by atoms with Crippen LogP contribution < -0.4 is 15.8 Å². The number of aromatic nitrogens is 4. The van der Waals surface area contributed by atoms with E-state index in [-0.39, 0.29) is 6.04 Å². The number of anilines is 1. The molecule has 35 heavy (non-hydrogen) atoms. The van der Waals surface area contributed by atoms with Crippen LogP contribution in [0.15, 0.2) is 60.9 Å². The molecule has 6 rings (SSSR count). The summed E-state index contributed by atoms with van der Waals surface area (Å²) in [6.45, 7) is 6.16. The number of nitrogen functional groups attached to an aromatic ring is 1. The average Bonchev–Trinajstić information content (AvgIpc) is 3.31. The fraction of sp³-hybridized carbons (Fsp3) is 0.346. The van der Waals surface area contributed by atoms with Crippen molar-refractivity contribution in [1.82, 2.24) is 35.1 Å². The van der Waals surface area contributed by atoms with Crippen molar-refractivity contribution in [2.45, 2.75) is 18.9 Å². The molecular formula is C26H30N8O. The zero-order chi connectivity index (χ0) is 23.6. The molecule has 3 N–H and O–H groups in total. The summed E-state index contributed by atoms with van der Waals surface area (Å²) in [6.07, 6.45) is 3.72. The predicted octanol–water partition coefficient (Wildman–Crippen LogP) is 3.32. The van der Waals surface area contributed by atoms with Gasteiger partial charge >= 0.3 is 0 Å². The van der Waals surface area contributed by atoms with Crippen LogP contribution >= 0.6 is 0 Å². The van der Waals surface area contributed by atoms with Crippen molar-refractivity contribution in [2.24, 2.45) is 0 Å². The summed E-state index contributed by atoms with van der Waals surface area (Å²) in [5.74, 6) is 2.03. The van der Waals surface area contributed by atoms with E-state index in [0.717, 1.165) is 85.9 Å². The van der Waals surface area contributed by atoms with Crippen molar-refractivity contribution in [2.75, 3.05) is 45.0 Å². The Labute approximate surface area is 204 Å². The third kappa shape index (κ3) is 4.45. The molecular weight excluding hydrogens is 440 g/mol. The van der Waals surface area contributed by atoms with Crippen molar-refractivity contribution in [1.29, 1.82) is 0 Å². The highest BCUT2D eigenvalue weighted by atomic mass is 16.5. The van der Waals surface area contributed by atoms with Crippen LogP contribution in [-0.2, 0) is 0 Å². The number of fused-ring (bicyclic) bond motifs is 1. The van der Waals surface area contributed by atoms with E-state index in [1.54, 1.807) is 0 Å². The molecule has 1 atom stereocenters. The van der Waals surface area contributed by atoms with Gasteiger partial charge in [-0.15, -0.1) is 0 Å². The summed E-state index contributed by atoms with van der Waals surface area (Å²) in [5.41, 5.74) is 8.93. The van der Waals surface area contributed by atoms with Gasteiger partial charge in [-0.1, -0.05) is 18.2 Å². The van der Waals surface area contributed by atoms with Crippen LogP contribution in [0.25, 0.3) is 22.3 Å². The minimum absolute atomic E-state index is 0.227. The quantitative estimate of drug-likeness (QED) is 0.459. The first-order valence-corrected chi connectivity index (χ1v) is 12.3. The van der Waals surface area contributed by atoms with Crippen LogP contribution in [0.5, 0.6) is 11.5 Å². The van der Waals surface area contributed by atoms with E-state index >= 15 is 0 Å². The standard InChI is InChI=1S/C26H30N8O/c27-25-23-24(19-8-10-22(11-9-19)35-21-6-2-1-3-7-21)31-34(26(23)30-18-29-25)20-5-4-14-33(17-20)32-15-12-28-13-16-32/h1-3,6-11,18,20,28H,4-5,12-17H2,(H2,27,29,30)/t20-/m1/s1. The summed E-state index contributed by atoms with van der Waals surface area (Å²) >= 11 is 0. The summed E-state index contributed by atoms with van der Waals surface area (Å²) in [5, 5.41) is 14.3. The molecule has 0 radical (unpaired) electrons. The highest BCUT2D eigenvalue weighted by molar-refractivity contribution is 5.98. The van der Waals surface area contributed by atoms with Gasteiger partial charge < -0.3 is 15.8 Å². The van der Waals surface area contributed by atoms with Crippen molar-refractivity contribution >= 4 is 16.9 Å². The Morgan fingerprint density at radius 3 is 2.46 bits per heavy atom. The lowest BCUT2D eigenvalue weighted by Gasteiger charge is -2.42. The highest BCUT2D eigenvalue weighted by Gasteiger charge is 2.29. The van der Waals surface area contributed by atoms with Gasteiger partial charge in [0.15, 0.2) is 5.65 Å². The van der Waals surface area contributed by atoms with Gasteiger partial charge in [-0.25, -0.2) is 24.7 Å². The van der Waals surface area contributed by atoms with Gasteiger partial charge in [0.25, 0.3) is 0 Å². The summed E-state index contributed by atoms with van der Waals surface area (Å²) < 4.78 is 8.04. The number of hydrazine groups is 1. The lowest BCUT2D eigenvalue weighted by Crippen LogP contribution is -2.55. The molecule has 2 aliphatic rings. The maximum atomic E-state index is 6.36. The molecule has 0 spiro atoms. The zero-order valence-electron chi connectivity index (χ0n) is 19.7. The third-order valence-corrected chi connectivity index (χ3v) is 6.84. The summed E-state index contributed by atoms with van der Waals surface area (Å²) in [6, 6.07) is 17.9. The lowest BCUT2D eigenvalue weighted by atomic mass is 10.1. The van der Waals surface area contributed by atoms with Crippen molar-refractivity contribution in [3.8, 4) is 22.8 Å². The normalized spacial score (nSPS) is 19.7. The van der Waals surface area contributed by atoms with E-state index in [2.05, 4.69) is 30.0 Å². The van der Waals surface area contributed by atoms with Crippen LogP contribution in [0.2, 0.25) is 0 Å². The Kier molecular flexibility index (Phi) is 6.03. The average molecular weight is 471 g/mol. The van der Waals surface area contributed by atoms with Crippen LogP contribution in [0, 0.1) is 0 Å². The Bertz CT molecular complexity index is 1280. The molecule has 0 aliphatic carbocycles. The van der Waals surface area contributed by atoms with Gasteiger partial charge in [-0.3, -0.25) is 0 Å². The minimum Gasteiger partial charge on any atom is -0.457 e. The van der Waals surface area contributed by atoms with Crippen LogP contribution in [-0.4, -0.2) is 69.0 Å². The smallest absolute Gasteiger partial charge is 0.164 e. The molecule has 2 saturated heterocycles. The molecule has 0 bridgehead atoms. The number of hydrogen-bond acceptors (Lipinski definition) is 8. The summed E-state index contributed by atoms with van der Waals surface area (Å²) in [4.78, 5) is 8.89. The molecule has 0 amide bonds. The molecule has 0 saturated carbocycles. The number of benzene rings is 2. The molecule has 4 aromatic rings. The van der Waals surface area contributed by atoms with Gasteiger partial charge in [-0.2, -0.15) is 5.10 Å². The van der Waals surface area contributed by atoms with E-state index in [1.165, 1.54) is 6.33 Å². The Morgan fingerprint density at radius 2 is 1.66 bits per heavy atom. The van der Waals surface area contributed by atoms with Crippen LogP contribution in [0.3, 0.4) is 0 Å². The van der Waals surface area contributed by atoms with E-state index in [9.17, 15) is 0 Å². The Balaban J connectivity index is 1.31. The predicted molar refractivity (Wildman–Crippen MR) is 136 cm³/mol. The first-order valence-electron chi connectivity index (χ1n) is 12.3. The van der Waals surface area contributed by atoms with Gasteiger partial charge in [0.2, 0.25) is 0 Å². The zero-order valence-corrected chi connectivity index (χ0v) is 19.7. The number of rotatable bonds is 5. The molecule has 2 aromatic heterocycles. The van der Waals surface area contributed by atoms with Crippen LogP contribution in [0.1, 0.15) is 18.9 Å². The van der Waals surface area contributed by atoms with Gasteiger partial charge in [0.1, 0.15) is 29.3 Å². The second-order valence-electron chi connectivity index (χ2n) is 9.10. The van der Waals surface area contributed by atoms with Gasteiger partial charge in [-0.05, 0) is 49.2 Å². The fourth-order valence-corrected chi connectivity index (χ4v) is 5.09. The van der Waals surface area contributed by atoms with Gasteiger partial charge in [0.05, 0.1) is 11.4 Å². The first kappa shape index (κ1) is 22.0. The number of piperidine rings is 1. The van der Waals surface area contributed by atoms with Crippen molar-refractivity contribution < 1.29 is 4.74 Å². The molecule has 2 aliphatic heterocycles. The second kappa shape index (κ2) is 9.61. The lowest BCUT2D eigenvalue weighted by molar-refractivity contribution is -0.0604. The van der Waals surface area contributed by atoms with E-state index in [4.69, 9.17) is 15.6 Å². The molecule has 4 heterocycles. The molecule has 2 fully saturated rings. The van der Waals surface area contributed by atoms with Gasteiger partial charge in [0, 0.05) is 44.8 Å². The van der Waals surface area contributed by atoms with E-state index in [0.29, 0.717) is 5.82 Å². The monoisotopic (exact) mass is 470 g/mol. The third-order valence-electron chi connectivity index (χ3n) is 6.84. The Hall–Kier alpha value is -3.53. The minimum atomic E-state index is 0.227. The molecule has 0 unspecified atom stereocenters. The van der Waals surface area contributed by atoms with Crippen LogP contribution in [0.4, 0.5) is 5.82 Å². The molecule has 180 valence electrons. The van der Waals surface area contributed by atoms with E-state index < -0.39 is 0 Å². The molecule has 9 heteroatoms. The topological polar surface area (TPSA) is 97.4 Å². The van der Waals surface area contributed by atoms with E-state index in [1.807, 2.05) is 54.6 Å².